The predicted molar refractivity (Wildman–Crippen MR) is 113 cm³/mol. The third kappa shape index (κ3) is 5.12. The van der Waals surface area contributed by atoms with E-state index < -0.39 is 0 Å². The van der Waals surface area contributed by atoms with Crippen molar-refractivity contribution in [3.63, 3.8) is 0 Å². The lowest BCUT2D eigenvalue weighted by atomic mass is 9.91. The second-order valence-electron chi connectivity index (χ2n) is 8.31. The van der Waals surface area contributed by atoms with Crippen molar-refractivity contribution in [1.29, 1.82) is 0 Å². The highest BCUT2D eigenvalue weighted by Gasteiger charge is 2.41. The molecular weight excluding hydrogens is 410 g/mol. The lowest BCUT2D eigenvalue weighted by Crippen LogP contribution is -3.00. The molecule has 0 radical (unpaired) electrons. The van der Waals surface area contributed by atoms with Gasteiger partial charge in [0, 0.05) is 18.4 Å². The quantitative estimate of drug-likeness (QED) is 0.600. The average Bonchev–Trinajstić information content (AvgIpc) is 2.67. The van der Waals surface area contributed by atoms with Crippen LogP contribution in [0.4, 0.5) is 0 Å². The number of hydrogen-bond acceptors (Lipinski definition) is 1. The molecule has 2 nitrogen and oxygen atoms in total. The minimum Gasteiger partial charge on any atom is -1.00 e. The first kappa shape index (κ1) is 22.8. The van der Waals surface area contributed by atoms with Gasteiger partial charge in [-0.3, -0.25) is 4.79 Å². The number of quaternary nitrogens is 1. The summed E-state index contributed by atoms with van der Waals surface area (Å²) in [7, 11) is 0. The fourth-order valence-electron chi connectivity index (χ4n) is 5.01. The lowest BCUT2D eigenvalue weighted by molar-refractivity contribution is -0.959. The SMILES string of the molecule is CCC(C(=O)Cc1c(C)cccc1C)[N+]1(Cc2ccccc2)CCCCC1.[Br-]. The Morgan fingerprint density at radius 2 is 1.54 bits per heavy atom. The van der Waals surface area contributed by atoms with Crippen molar-refractivity contribution in [2.45, 2.75) is 65.5 Å². The molecule has 0 bridgehead atoms. The van der Waals surface area contributed by atoms with Crippen molar-refractivity contribution in [1.82, 2.24) is 0 Å². The van der Waals surface area contributed by atoms with Gasteiger partial charge in [0.1, 0.15) is 12.6 Å². The number of hydrogen-bond donors (Lipinski definition) is 0. The van der Waals surface area contributed by atoms with Gasteiger partial charge < -0.3 is 21.5 Å². The first-order valence-corrected chi connectivity index (χ1v) is 10.5. The predicted octanol–water partition coefficient (Wildman–Crippen LogP) is 2.40. The molecule has 1 atom stereocenters. The van der Waals surface area contributed by atoms with Crippen molar-refractivity contribution in [3.05, 3.63) is 70.8 Å². The van der Waals surface area contributed by atoms with E-state index in [0.717, 1.165) is 30.5 Å². The number of rotatable bonds is 7. The van der Waals surface area contributed by atoms with Crippen molar-refractivity contribution in [2.24, 2.45) is 0 Å². The number of aryl methyl sites for hydroxylation is 2. The Kier molecular flexibility index (Phi) is 8.45. The van der Waals surface area contributed by atoms with Crippen molar-refractivity contribution >= 4 is 5.78 Å². The van der Waals surface area contributed by atoms with Gasteiger partial charge >= 0.3 is 0 Å². The van der Waals surface area contributed by atoms with Crippen LogP contribution in [-0.4, -0.2) is 29.4 Å². The van der Waals surface area contributed by atoms with Gasteiger partial charge in [-0.1, -0.05) is 55.5 Å². The number of nitrogens with zero attached hydrogens (tertiary/aromatic N) is 1. The van der Waals surface area contributed by atoms with E-state index in [2.05, 4.69) is 69.3 Å². The molecule has 1 aliphatic heterocycles. The zero-order valence-electron chi connectivity index (χ0n) is 17.6. The topological polar surface area (TPSA) is 17.1 Å². The fourth-order valence-corrected chi connectivity index (χ4v) is 5.01. The summed E-state index contributed by atoms with van der Waals surface area (Å²) in [5, 5.41) is 0. The molecule has 0 aromatic heterocycles. The Labute approximate surface area is 181 Å². The largest absolute Gasteiger partial charge is 1.00 e. The number of ketones is 1. The maximum absolute atomic E-state index is 13.5. The van der Waals surface area contributed by atoms with E-state index in [1.165, 1.54) is 41.5 Å². The minimum atomic E-state index is 0. The van der Waals surface area contributed by atoms with Crippen LogP contribution in [0.1, 0.15) is 54.9 Å². The molecule has 0 amide bonds. The Morgan fingerprint density at radius 1 is 0.929 bits per heavy atom. The molecule has 152 valence electrons. The van der Waals surface area contributed by atoms with Gasteiger partial charge in [0.05, 0.1) is 13.1 Å². The van der Waals surface area contributed by atoms with Crippen molar-refractivity contribution < 1.29 is 26.3 Å². The minimum absolute atomic E-state index is 0. The highest BCUT2D eigenvalue weighted by atomic mass is 79.9. The monoisotopic (exact) mass is 443 g/mol. The van der Waals surface area contributed by atoms with Crippen molar-refractivity contribution in [2.75, 3.05) is 13.1 Å². The molecule has 0 spiro atoms. The van der Waals surface area contributed by atoms with Gasteiger partial charge in [0.15, 0.2) is 5.78 Å². The van der Waals surface area contributed by atoms with E-state index >= 15 is 0 Å². The number of Topliss-reactive ketones (excluding diaryl/α,β-unsaturated/α-hetero) is 1. The average molecular weight is 444 g/mol. The van der Waals surface area contributed by atoms with E-state index in [4.69, 9.17) is 0 Å². The number of benzene rings is 2. The maximum atomic E-state index is 13.5. The van der Waals surface area contributed by atoms with Crippen LogP contribution in [0.15, 0.2) is 48.5 Å². The molecule has 2 aromatic rings. The Bertz CT molecular complexity index is 745. The molecular formula is C25H34BrNO. The summed E-state index contributed by atoms with van der Waals surface area (Å²) in [6, 6.07) is 17.2. The highest BCUT2D eigenvalue weighted by molar-refractivity contribution is 5.85. The number of piperidine rings is 1. The number of carbonyl (C=O) groups excluding carboxylic acids is 1. The van der Waals surface area contributed by atoms with E-state index in [9.17, 15) is 4.79 Å². The summed E-state index contributed by atoms with van der Waals surface area (Å²) >= 11 is 0. The second kappa shape index (κ2) is 10.4. The van der Waals surface area contributed by atoms with Crippen LogP contribution in [0, 0.1) is 13.8 Å². The third-order valence-corrected chi connectivity index (χ3v) is 6.46. The fraction of sp³-hybridized carbons (Fsp3) is 0.480. The van der Waals surface area contributed by atoms with Gasteiger partial charge in [-0.25, -0.2) is 0 Å². The number of carbonyl (C=O) groups is 1. The van der Waals surface area contributed by atoms with Gasteiger partial charge in [-0.05, 0) is 49.8 Å². The first-order valence-electron chi connectivity index (χ1n) is 10.5. The van der Waals surface area contributed by atoms with Crippen LogP contribution in [0.5, 0.6) is 0 Å². The molecule has 2 aromatic carbocycles. The highest BCUT2D eigenvalue weighted by Crippen LogP contribution is 2.30. The Balaban J connectivity index is 0.00000280. The molecule has 0 aliphatic carbocycles. The molecule has 1 unspecified atom stereocenters. The van der Waals surface area contributed by atoms with Crippen LogP contribution >= 0.6 is 0 Å². The molecule has 1 heterocycles. The lowest BCUT2D eigenvalue weighted by Gasteiger charge is -2.46. The van der Waals surface area contributed by atoms with Gasteiger partial charge in [0.2, 0.25) is 0 Å². The normalized spacial score (nSPS) is 16.8. The van der Waals surface area contributed by atoms with E-state index in [1.807, 2.05) is 0 Å². The van der Waals surface area contributed by atoms with Gasteiger partial charge in [0.25, 0.3) is 0 Å². The van der Waals surface area contributed by atoms with E-state index in [0.29, 0.717) is 12.2 Å². The summed E-state index contributed by atoms with van der Waals surface area (Å²) in [4.78, 5) is 13.5. The maximum Gasteiger partial charge on any atom is 0.194 e. The van der Waals surface area contributed by atoms with Gasteiger partial charge in [-0.2, -0.15) is 0 Å². The Morgan fingerprint density at radius 3 is 2.11 bits per heavy atom. The smallest absolute Gasteiger partial charge is 0.194 e. The number of halogens is 1. The summed E-state index contributed by atoms with van der Waals surface area (Å²) in [5.41, 5.74) is 5.08. The zero-order chi connectivity index (χ0) is 19.3. The molecule has 0 N–H and O–H groups in total. The molecule has 3 heteroatoms. The van der Waals surface area contributed by atoms with Crippen LogP contribution in [0.2, 0.25) is 0 Å². The summed E-state index contributed by atoms with van der Waals surface area (Å²) in [5.74, 6) is 0.424. The summed E-state index contributed by atoms with van der Waals surface area (Å²) in [6.07, 6.45) is 5.28. The van der Waals surface area contributed by atoms with Crippen LogP contribution in [-0.2, 0) is 17.8 Å². The zero-order valence-corrected chi connectivity index (χ0v) is 19.2. The molecule has 0 saturated carbocycles. The van der Waals surface area contributed by atoms with Gasteiger partial charge in [-0.15, -0.1) is 0 Å². The van der Waals surface area contributed by atoms with E-state index in [1.54, 1.807) is 0 Å². The molecule has 28 heavy (non-hydrogen) atoms. The van der Waals surface area contributed by atoms with Crippen molar-refractivity contribution in [3.8, 4) is 0 Å². The second-order valence-corrected chi connectivity index (χ2v) is 8.31. The van der Waals surface area contributed by atoms with Crippen LogP contribution in [0.25, 0.3) is 0 Å². The standard InChI is InChI=1S/C25H34NO.BrH/c1-4-24(25(27)18-23-20(2)12-11-13-21(23)3)26(16-9-6-10-17-26)19-22-14-7-5-8-15-22;/h5,7-8,11-15,24H,4,6,9-10,16-19H2,1-3H3;1H/q+1;/p-1. The first-order chi connectivity index (χ1) is 13.1. The van der Waals surface area contributed by atoms with Crippen LogP contribution < -0.4 is 17.0 Å². The number of likely N-dealkylation sites (tertiary alicyclic amines) is 1. The summed E-state index contributed by atoms with van der Waals surface area (Å²) < 4.78 is 0.949. The van der Waals surface area contributed by atoms with E-state index in [-0.39, 0.29) is 23.0 Å². The molecule has 1 saturated heterocycles. The Hall–Kier alpha value is -1.45. The summed E-state index contributed by atoms with van der Waals surface area (Å²) in [6.45, 7) is 9.71. The molecule has 1 aliphatic rings. The molecule has 3 rings (SSSR count). The third-order valence-electron chi connectivity index (χ3n) is 6.46. The van der Waals surface area contributed by atoms with Crippen LogP contribution in [0.3, 0.4) is 0 Å². The molecule has 1 fully saturated rings.